The molecule has 0 amide bonds. The van der Waals surface area contributed by atoms with E-state index in [-0.39, 0.29) is 22.2 Å². The van der Waals surface area contributed by atoms with Crippen molar-refractivity contribution >= 4 is 18.9 Å². The molecule has 0 heterocycles. The SMILES string of the molecule is C[CH2][Sn]([CH3])([N](C(C)(C)C)C(C)(C)C)[N](C(C)(C)C)C(C)(C)C. The van der Waals surface area contributed by atoms with Gasteiger partial charge in [-0.2, -0.15) is 0 Å². The van der Waals surface area contributed by atoms with Crippen molar-refractivity contribution in [3.05, 3.63) is 0 Å². The molecule has 0 radical (unpaired) electrons. The Morgan fingerprint density at radius 2 is 0.727 bits per heavy atom. The number of hydrogen-bond acceptors (Lipinski definition) is 2. The van der Waals surface area contributed by atoms with E-state index >= 15 is 0 Å². The third kappa shape index (κ3) is 5.11. The molecule has 0 unspecified atom stereocenters. The Balaban J connectivity index is 6.44. The van der Waals surface area contributed by atoms with Gasteiger partial charge in [0.05, 0.1) is 0 Å². The predicted octanol–water partition coefficient (Wildman–Crippen LogP) is 5.88. The van der Waals surface area contributed by atoms with E-state index in [0.29, 0.717) is 0 Å². The fraction of sp³-hybridized carbons (Fsp3) is 1.00. The fourth-order valence-corrected chi connectivity index (χ4v) is 24.2. The molecule has 0 fully saturated rings. The summed E-state index contributed by atoms with van der Waals surface area (Å²) in [5, 5.41) is 0. The van der Waals surface area contributed by atoms with Crippen molar-refractivity contribution in [2.24, 2.45) is 0 Å². The van der Waals surface area contributed by atoms with Crippen LogP contribution >= 0.6 is 0 Å². The van der Waals surface area contributed by atoms with Gasteiger partial charge in [-0.25, -0.2) is 0 Å². The van der Waals surface area contributed by atoms with Crippen molar-refractivity contribution in [2.45, 2.75) is 122 Å². The van der Waals surface area contributed by atoms with Gasteiger partial charge in [0.2, 0.25) is 0 Å². The van der Waals surface area contributed by atoms with Crippen LogP contribution in [0.1, 0.15) is 90.0 Å². The van der Waals surface area contributed by atoms with Crippen LogP contribution < -0.4 is 0 Å². The van der Waals surface area contributed by atoms with Crippen molar-refractivity contribution in [1.82, 2.24) is 6.24 Å². The van der Waals surface area contributed by atoms with Gasteiger partial charge in [-0.1, -0.05) is 0 Å². The van der Waals surface area contributed by atoms with Crippen molar-refractivity contribution in [3.8, 4) is 0 Å². The van der Waals surface area contributed by atoms with Crippen LogP contribution in [0.4, 0.5) is 0 Å². The minimum absolute atomic E-state index is 0.188. The quantitative estimate of drug-likeness (QED) is 0.528. The summed E-state index contributed by atoms with van der Waals surface area (Å²) >= 11 is -2.80. The van der Waals surface area contributed by atoms with Crippen LogP contribution in [0.25, 0.3) is 0 Å². The third-order valence-electron chi connectivity index (χ3n) is 4.32. The maximum atomic E-state index is 2.92. The first-order chi connectivity index (χ1) is 9.29. The molecule has 0 aromatic carbocycles. The first-order valence-electron chi connectivity index (χ1n) is 8.90. The Bertz CT molecular complexity index is 301. The van der Waals surface area contributed by atoms with Crippen LogP contribution in [0.15, 0.2) is 0 Å². The second-order valence-corrected chi connectivity index (χ2v) is 22.4. The van der Waals surface area contributed by atoms with Crippen LogP contribution in [0.5, 0.6) is 0 Å². The Morgan fingerprint density at radius 1 is 0.545 bits per heavy atom. The van der Waals surface area contributed by atoms with Gasteiger partial charge >= 0.3 is 147 Å². The molecule has 0 spiro atoms. The zero-order valence-corrected chi connectivity index (χ0v) is 21.0. The van der Waals surface area contributed by atoms with Crippen molar-refractivity contribution in [2.75, 3.05) is 0 Å². The normalized spacial score (nSPS) is 15.8. The molecule has 0 aliphatic carbocycles. The molecule has 3 heteroatoms. The van der Waals surface area contributed by atoms with Gasteiger partial charge in [0.1, 0.15) is 0 Å². The summed E-state index contributed by atoms with van der Waals surface area (Å²) < 4.78 is 7.15. The zero-order chi connectivity index (χ0) is 18.4. The van der Waals surface area contributed by atoms with Crippen LogP contribution in [-0.4, -0.2) is 47.3 Å². The molecule has 0 bridgehead atoms. The Morgan fingerprint density at radius 3 is 0.818 bits per heavy atom. The number of rotatable bonds is 3. The van der Waals surface area contributed by atoms with Crippen molar-refractivity contribution < 1.29 is 0 Å². The van der Waals surface area contributed by atoms with E-state index in [2.05, 4.69) is 101 Å². The molecule has 0 aromatic rings. The van der Waals surface area contributed by atoms with E-state index in [1.165, 1.54) is 4.44 Å². The van der Waals surface area contributed by atoms with Gasteiger partial charge in [-0.3, -0.25) is 0 Å². The molecule has 22 heavy (non-hydrogen) atoms. The summed E-state index contributed by atoms with van der Waals surface area (Å²) in [5.41, 5.74) is 0.753. The van der Waals surface area contributed by atoms with Gasteiger partial charge in [-0.15, -0.1) is 0 Å². The van der Waals surface area contributed by atoms with Crippen molar-refractivity contribution in [1.29, 1.82) is 0 Å². The van der Waals surface area contributed by atoms with E-state index < -0.39 is 18.9 Å². The van der Waals surface area contributed by atoms with Gasteiger partial charge in [-0.05, 0) is 0 Å². The molecule has 134 valence electrons. The van der Waals surface area contributed by atoms with E-state index in [9.17, 15) is 0 Å². The van der Waals surface area contributed by atoms with Crippen LogP contribution in [0.3, 0.4) is 0 Å². The summed E-state index contributed by atoms with van der Waals surface area (Å²) in [6, 6.07) is 0. The monoisotopic (exact) mass is 420 g/mol. The molecular formula is C19H44N2Sn. The molecule has 0 rings (SSSR count). The molecule has 0 aliphatic heterocycles. The maximum absolute atomic E-state index is 2.92. The number of nitrogens with zero attached hydrogens (tertiary/aromatic N) is 2. The van der Waals surface area contributed by atoms with Gasteiger partial charge < -0.3 is 0 Å². The molecule has 0 saturated heterocycles. The van der Waals surface area contributed by atoms with Crippen LogP contribution in [-0.2, 0) is 0 Å². The summed E-state index contributed by atoms with van der Waals surface area (Å²) in [4.78, 5) is 2.64. The van der Waals surface area contributed by atoms with Gasteiger partial charge in [0, 0.05) is 0 Å². The molecule has 0 atom stereocenters. The Hall–Kier alpha value is 0.719. The van der Waals surface area contributed by atoms with Crippen LogP contribution in [0, 0.1) is 0 Å². The first kappa shape index (κ1) is 22.7. The molecule has 0 saturated carbocycles. The summed E-state index contributed by atoms with van der Waals surface area (Å²) in [6.07, 6.45) is 0. The van der Waals surface area contributed by atoms with Crippen LogP contribution in [0.2, 0.25) is 9.38 Å². The molecule has 0 aromatic heterocycles. The fourth-order valence-electron chi connectivity index (χ4n) is 5.32. The molecule has 2 nitrogen and oxygen atoms in total. The molecule has 0 N–H and O–H groups in total. The van der Waals surface area contributed by atoms with Crippen molar-refractivity contribution in [3.63, 3.8) is 0 Å². The summed E-state index contributed by atoms with van der Waals surface area (Å²) in [5.74, 6) is 0. The topological polar surface area (TPSA) is 6.48 Å². The van der Waals surface area contributed by atoms with E-state index in [1.807, 2.05) is 0 Å². The predicted molar refractivity (Wildman–Crippen MR) is 105 cm³/mol. The first-order valence-corrected chi connectivity index (χ1v) is 16.3. The third-order valence-corrected chi connectivity index (χ3v) is 21.3. The standard InChI is InChI=1S/2C8H18N.C2H5.CH3.Sn/c2*1-7(2,3)9-8(4,5)6;1-2;;/h2*1-6H3;1H2,2H3;1H3;/q2*-1;;;+2. The average molecular weight is 419 g/mol. The summed E-state index contributed by atoms with van der Waals surface area (Å²) in [7, 11) is 0. The Kier molecular flexibility index (Phi) is 6.77. The average Bonchev–Trinajstić information content (AvgIpc) is 2.06. The Labute approximate surface area is 146 Å². The second kappa shape index (κ2) is 6.55. The van der Waals surface area contributed by atoms with Gasteiger partial charge in [0.25, 0.3) is 0 Å². The zero-order valence-electron chi connectivity index (χ0n) is 18.1. The van der Waals surface area contributed by atoms with E-state index in [1.54, 1.807) is 0 Å². The van der Waals surface area contributed by atoms with E-state index in [4.69, 9.17) is 0 Å². The minimum atomic E-state index is -2.80. The van der Waals surface area contributed by atoms with E-state index in [0.717, 1.165) is 0 Å². The second-order valence-electron chi connectivity index (χ2n) is 10.9. The molecular weight excluding hydrogens is 375 g/mol. The van der Waals surface area contributed by atoms with Gasteiger partial charge in [0.15, 0.2) is 0 Å². The molecule has 0 aliphatic rings. The number of hydrogen-bond donors (Lipinski definition) is 0. The summed E-state index contributed by atoms with van der Waals surface area (Å²) in [6.45, 7) is 31.2.